The summed E-state index contributed by atoms with van der Waals surface area (Å²) >= 11 is 0. The molecule has 0 amide bonds. The molecule has 2 aromatic rings. The van der Waals surface area contributed by atoms with Gasteiger partial charge in [-0.15, -0.1) is 0 Å². The van der Waals surface area contributed by atoms with E-state index in [1.54, 1.807) is 13.0 Å². The highest BCUT2D eigenvalue weighted by Crippen LogP contribution is 2.17. The van der Waals surface area contributed by atoms with Crippen LogP contribution in [0.15, 0.2) is 47.4 Å². The SMILES string of the molecule is Cc1ccccc1OCCOC(=O)c1cc(S(C)(=O)=O)ccc1C. The normalized spacial score (nSPS) is 11.1. The predicted octanol–water partition coefficient (Wildman–Crippen LogP) is 2.94. The second-order valence-corrected chi connectivity index (χ2v) is 7.51. The molecule has 2 aromatic carbocycles. The summed E-state index contributed by atoms with van der Waals surface area (Å²) in [5.74, 6) is 0.176. The highest BCUT2D eigenvalue weighted by Gasteiger charge is 2.15. The zero-order valence-electron chi connectivity index (χ0n) is 13.9. The van der Waals surface area contributed by atoms with Crippen LogP contribution in [0.2, 0.25) is 0 Å². The number of ether oxygens (including phenoxy) is 2. The smallest absolute Gasteiger partial charge is 0.338 e. The molecule has 0 unspecified atom stereocenters. The van der Waals surface area contributed by atoms with Crippen molar-refractivity contribution in [3.8, 4) is 5.75 Å². The van der Waals surface area contributed by atoms with Gasteiger partial charge in [0, 0.05) is 6.26 Å². The van der Waals surface area contributed by atoms with Crippen molar-refractivity contribution in [1.29, 1.82) is 0 Å². The molecule has 0 atom stereocenters. The molecule has 128 valence electrons. The molecule has 0 aliphatic heterocycles. The molecule has 0 aliphatic rings. The molecule has 0 radical (unpaired) electrons. The summed E-state index contributed by atoms with van der Waals surface area (Å²) in [6.45, 7) is 3.96. The zero-order chi connectivity index (χ0) is 17.7. The van der Waals surface area contributed by atoms with Gasteiger partial charge >= 0.3 is 5.97 Å². The average Bonchev–Trinajstić information content (AvgIpc) is 2.52. The molecule has 0 saturated heterocycles. The Labute approximate surface area is 142 Å². The first kappa shape index (κ1) is 18.0. The quantitative estimate of drug-likeness (QED) is 0.593. The van der Waals surface area contributed by atoms with Gasteiger partial charge in [0.25, 0.3) is 0 Å². The molecule has 0 saturated carbocycles. The molecule has 6 heteroatoms. The van der Waals surface area contributed by atoms with Crippen LogP contribution in [0.5, 0.6) is 5.75 Å². The Morgan fingerprint density at radius 3 is 2.38 bits per heavy atom. The number of carbonyl (C=O) groups is 1. The van der Waals surface area contributed by atoms with Crippen LogP contribution in [0.1, 0.15) is 21.5 Å². The van der Waals surface area contributed by atoms with E-state index < -0.39 is 15.8 Å². The minimum atomic E-state index is -3.37. The highest BCUT2D eigenvalue weighted by atomic mass is 32.2. The molecule has 0 fully saturated rings. The van der Waals surface area contributed by atoms with Crippen molar-refractivity contribution in [2.24, 2.45) is 0 Å². The second kappa shape index (κ2) is 7.49. The van der Waals surface area contributed by atoms with Crippen molar-refractivity contribution >= 4 is 15.8 Å². The molecule has 0 bridgehead atoms. The van der Waals surface area contributed by atoms with Gasteiger partial charge in [-0.05, 0) is 43.2 Å². The van der Waals surface area contributed by atoms with Crippen LogP contribution < -0.4 is 4.74 Å². The van der Waals surface area contributed by atoms with E-state index in [2.05, 4.69) is 0 Å². The van der Waals surface area contributed by atoms with E-state index in [4.69, 9.17) is 9.47 Å². The predicted molar refractivity (Wildman–Crippen MR) is 91.2 cm³/mol. The average molecular weight is 348 g/mol. The summed E-state index contributed by atoms with van der Waals surface area (Å²) in [5, 5.41) is 0. The fraction of sp³-hybridized carbons (Fsp3) is 0.278. The van der Waals surface area contributed by atoms with Crippen molar-refractivity contribution in [2.45, 2.75) is 18.7 Å². The van der Waals surface area contributed by atoms with E-state index in [0.717, 1.165) is 17.6 Å². The van der Waals surface area contributed by atoms with Gasteiger partial charge in [-0.25, -0.2) is 13.2 Å². The summed E-state index contributed by atoms with van der Waals surface area (Å²) in [5.41, 5.74) is 1.90. The van der Waals surface area contributed by atoms with Gasteiger partial charge in [0.1, 0.15) is 19.0 Å². The van der Waals surface area contributed by atoms with Gasteiger partial charge in [0.2, 0.25) is 0 Å². The Hall–Kier alpha value is -2.34. The Morgan fingerprint density at radius 2 is 1.71 bits per heavy atom. The van der Waals surface area contributed by atoms with Gasteiger partial charge in [-0.3, -0.25) is 0 Å². The second-order valence-electron chi connectivity index (χ2n) is 5.50. The van der Waals surface area contributed by atoms with Crippen LogP contribution >= 0.6 is 0 Å². The molecular formula is C18H20O5S. The number of carbonyl (C=O) groups excluding carboxylic acids is 1. The summed E-state index contributed by atoms with van der Waals surface area (Å²) in [6.07, 6.45) is 1.10. The molecule has 0 aliphatic carbocycles. The van der Waals surface area contributed by atoms with Crippen LogP contribution in [0.25, 0.3) is 0 Å². The Kier molecular flexibility index (Phi) is 5.62. The van der Waals surface area contributed by atoms with E-state index in [9.17, 15) is 13.2 Å². The molecule has 2 rings (SSSR count). The fourth-order valence-corrected chi connectivity index (χ4v) is 2.78. The van der Waals surface area contributed by atoms with Gasteiger partial charge in [-0.2, -0.15) is 0 Å². The summed E-state index contributed by atoms with van der Waals surface area (Å²) in [7, 11) is -3.37. The lowest BCUT2D eigenvalue weighted by Crippen LogP contribution is -2.14. The first-order valence-corrected chi connectivity index (χ1v) is 9.34. The number of rotatable bonds is 6. The molecule has 5 nitrogen and oxygen atoms in total. The standard InChI is InChI=1S/C18H20O5S/c1-13-8-9-15(24(3,20)21)12-16(13)18(19)23-11-10-22-17-7-5-4-6-14(17)2/h4-9,12H,10-11H2,1-3H3. The first-order valence-electron chi connectivity index (χ1n) is 7.45. The van der Waals surface area contributed by atoms with Gasteiger partial charge in [0.15, 0.2) is 9.84 Å². The van der Waals surface area contributed by atoms with Gasteiger partial charge < -0.3 is 9.47 Å². The Morgan fingerprint density at radius 1 is 1.00 bits per heavy atom. The number of sulfone groups is 1. The van der Waals surface area contributed by atoms with Crippen molar-refractivity contribution in [1.82, 2.24) is 0 Å². The topological polar surface area (TPSA) is 69.7 Å². The minimum absolute atomic E-state index is 0.0791. The maximum absolute atomic E-state index is 12.2. The van der Waals surface area contributed by atoms with Gasteiger partial charge in [-0.1, -0.05) is 24.3 Å². The van der Waals surface area contributed by atoms with Crippen LogP contribution in [0, 0.1) is 13.8 Å². The van der Waals surface area contributed by atoms with Gasteiger partial charge in [0.05, 0.1) is 10.5 Å². The molecular weight excluding hydrogens is 328 g/mol. The Bertz CT molecular complexity index is 840. The zero-order valence-corrected chi connectivity index (χ0v) is 14.7. The maximum Gasteiger partial charge on any atom is 0.338 e. The lowest BCUT2D eigenvalue weighted by Gasteiger charge is -2.11. The molecule has 24 heavy (non-hydrogen) atoms. The lowest BCUT2D eigenvalue weighted by atomic mass is 10.1. The number of hydrogen-bond donors (Lipinski definition) is 0. The van der Waals surface area contributed by atoms with E-state index in [0.29, 0.717) is 5.56 Å². The van der Waals surface area contributed by atoms with Crippen LogP contribution in [-0.4, -0.2) is 33.9 Å². The molecule has 0 heterocycles. The highest BCUT2D eigenvalue weighted by molar-refractivity contribution is 7.90. The minimum Gasteiger partial charge on any atom is -0.490 e. The molecule has 0 N–H and O–H groups in total. The van der Waals surface area contributed by atoms with E-state index in [-0.39, 0.29) is 23.7 Å². The summed E-state index contributed by atoms with van der Waals surface area (Å²) < 4.78 is 33.9. The third-order valence-electron chi connectivity index (χ3n) is 3.52. The summed E-state index contributed by atoms with van der Waals surface area (Å²) in [6, 6.07) is 12.0. The first-order chi connectivity index (χ1) is 11.3. The van der Waals surface area contributed by atoms with Crippen LogP contribution in [0.4, 0.5) is 0 Å². The number of hydrogen-bond acceptors (Lipinski definition) is 5. The van der Waals surface area contributed by atoms with E-state index in [1.165, 1.54) is 12.1 Å². The van der Waals surface area contributed by atoms with Crippen LogP contribution in [0.3, 0.4) is 0 Å². The molecule has 0 aromatic heterocycles. The van der Waals surface area contributed by atoms with E-state index >= 15 is 0 Å². The van der Waals surface area contributed by atoms with E-state index in [1.807, 2.05) is 31.2 Å². The largest absolute Gasteiger partial charge is 0.490 e. The van der Waals surface area contributed by atoms with Crippen molar-refractivity contribution in [3.05, 3.63) is 59.2 Å². The van der Waals surface area contributed by atoms with Crippen molar-refractivity contribution in [2.75, 3.05) is 19.5 Å². The van der Waals surface area contributed by atoms with Crippen molar-refractivity contribution in [3.63, 3.8) is 0 Å². The number of para-hydroxylation sites is 1. The number of benzene rings is 2. The number of esters is 1. The Balaban J connectivity index is 1.97. The third kappa shape index (κ3) is 4.58. The van der Waals surface area contributed by atoms with Crippen LogP contribution in [-0.2, 0) is 14.6 Å². The fourth-order valence-electron chi connectivity index (χ4n) is 2.13. The van der Waals surface area contributed by atoms with Crippen molar-refractivity contribution < 1.29 is 22.7 Å². The summed E-state index contributed by atoms with van der Waals surface area (Å²) in [4.78, 5) is 12.2. The maximum atomic E-state index is 12.2. The lowest BCUT2D eigenvalue weighted by molar-refractivity contribution is 0.0449. The monoisotopic (exact) mass is 348 g/mol. The molecule has 0 spiro atoms. The number of aryl methyl sites for hydroxylation is 2. The third-order valence-corrected chi connectivity index (χ3v) is 4.63.